The largest absolute Gasteiger partial charge is 0.457 e. The highest BCUT2D eigenvalue weighted by Gasteiger charge is 2.25. The predicted octanol–water partition coefficient (Wildman–Crippen LogP) is 4.18. The summed E-state index contributed by atoms with van der Waals surface area (Å²) < 4.78 is 33.1. The number of sulfonamides is 1. The molecule has 0 radical (unpaired) electrons. The fourth-order valence-electron chi connectivity index (χ4n) is 2.98. The third kappa shape index (κ3) is 5.79. The molecule has 0 aliphatic rings. The van der Waals surface area contributed by atoms with Crippen LogP contribution in [0.15, 0.2) is 90.3 Å². The van der Waals surface area contributed by atoms with E-state index < -0.39 is 21.9 Å². The number of nitrogens with two attached hydrogens (primary N) is 1. The van der Waals surface area contributed by atoms with Gasteiger partial charge < -0.3 is 10.5 Å². The van der Waals surface area contributed by atoms with Crippen molar-refractivity contribution in [1.29, 1.82) is 0 Å². The van der Waals surface area contributed by atoms with Crippen LogP contribution in [0.3, 0.4) is 0 Å². The summed E-state index contributed by atoms with van der Waals surface area (Å²) in [4.78, 5) is 23.6. The summed E-state index contributed by atoms with van der Waals surface area (Å²) in [6, 6.07) is 18.3. The van der Waals surface area contributed by atoms with Crippen LogP contribution in [0.5, 0.6) is 0 Å². The van der Waals surface area contributed by atoms with Crippen molar-refractivity contribution >= 4 is 39.2 Å². The molecule has 0 atom stereocenters. The molecule has 0 bridgehead atoms. The number of primary amides is 1. The number of benzene rings is 3. The first kappa shape index (κ1) is 24.0. The number of rotatable bonds is 9. The zero-order chi connectivity index (χ0) is 24.0. The maximum atomic E-state index is 13.3. The molecule has 0 spiro atoms. The third-order valence-corrected chi connectivity index (χ3v) is 6.72. The molecule has 0 aliphatic carbocycles. The molecule has 2 N–H and O–H groups in total. The summed E-state index contributed by atoms with van der Waals surface area (Å²) in [6.45, 7) is 3.61. The van der Waals surface area contributed by atoms with Gasteiger partial charge in [-0.15, -0.1) is 6.58 Å². The molecule has 9 heteroatoms. The lowest BCUT2D eigenvalue weighted by atomic mass is 10.1. The zero-order valence-electron chi connectivity index (χ0n) is 17.5. The second kappa shape index (κ2) is 10.3. The van der Waals surface area contributed by atoms with Gasteiger partial charge >= 0.3 is 5.97 Å². The van der Waals surface area contributed by atoms with Crippen LogP contribution in [0.25, 0.3) is 0 Å². The molecule has 0 saturated carbocycles. The average molecular weight is 485 g/mol. The number of carbonyl (C=O) groups is 2. The van der Waals surface area contributed by atoms with Gasteiger partial charge in [0.25, 0.3) is 10.0 Å². The topological polar surface area (TPSA) is 107 Å². The maximum Gasteiger partial charge on any atom is 0.338 e. The van der Waals surface area contributed by atoms with Gasteiger partial charge in [0, 0.05) is 10.6 Å². The highest BCUT2D eigenvalue weighted by atomic mass is 35.5. The van der Waals surface area contributed by atoms with Crippen molar-refractivity contribution in [3.8, 4) is 0 Å². The molecule has 0 aromatic heterocycles. The molecule has 3 aromatic carbocycles. The molecule has 0 unspecified atom stereocenters. The summed E-state index contributed by atoms with van der Waals surface area (Å²) in [5.74, 6) is -1.24. The summed E-state index contributed by atoms with van der Waals surface area (Å²) in [5.41, 5.74) is 6.69. The molecule has 0 heterocycles. The van der Waals surface area contributed by atoms with E-state index in [9.17, 15) is 18.0 Å². The third-order valence-electron chi connectivity index (χ3n) is 4.68. The average Bonchev–Trinajstić information content (AvgIpc) is 2.82. The quantitative estimate of drug-likeness (QED) is 0.362. The van der Waals surface area contributed by atoms with E-state index in [0.717, 1.165) is 0 Å². The van der Waals surface area contributed by atoms with E-state index in [2.05, 4.69) is 6.58 Å². The van der Waals surface area contributed by atoms with Crippen molar-refractivity contribution in [1.82, 2.24) is 0 Å². The van der Waals surface area contributed by atoms with E-state index in [0.29, 0.717) is 21.8 Å². The van der Waals surface area contributed by atoms with E-state index in [1.807, 2.05) is 0 Å². The Morgan fingerprint density at radius 2 is 1.67 bits per heavy atom. The highest BCUT2D eigenvalue weighted by Crippen LogP contribution is 2.26. The number of amides is 1. The second-order valence-corrected chi connectivity index (χ2v) is 9.27. The summed E-state index contributed by atoms with van der Waals surface area (Å²) >= 11 is 5.92. The van der Waals surface area contributed by atoms with Crippen molar-refractivity contribution in [2.24, 2.45) is 5.73 Å². The molecule has 7 nitrogen and oxygen atoms in total. The van der Waals surface area contributed by atoms with Crippen LogP contribution in [0, 0.1) is 0 Å². The number of halogens is 1. The summed E-state index contributed by atoms with van der Waals surface area (Å²) in [5, 5.41) is 0.476. The summed E-state index contributed by atoms with van der Waals surface area (Å²) in [6.07, 6.45) is 1.47. The first-order valence-corrected chi connectivity index (χ1v) is 11.6. The minimum absolute atomic E-state index is 0.0277. The molecule has 170 valence electrons. The van der Waals surface area contributed by atoms with Gasteiger partial charge in [-0.1, -0.05) is 35.9 Å². The van der Waals surface area contributed by atoms with Gasteiger partial charge in [-0.05, 0) is 60.2 Å². The zero-order valence-corrected chi connectivity index (χ0v) is 19.1. The number of esters is 1. The molecule has 0 saturated heterocycles. The Bertz CT molecular complexity index is 1270. The number of ether oxygens (including phenoxy) is 1. The molecule has 3 aromatic rings. The number of hydrogen-bond donors (Lipinski definition) is 1. The first-order valence-electron chi connectivity index (χ1n) is 9.77. The van der Waals surface area contributed by atoms with Crippen molar-refractivity contribution in [3.63, 3.8) is 0 Å². The Morgan fingerprint density at radius 1 is 1.00 bits per heavy atom. The van der Waals surface area contributed by atoms with Gasteiger partial charge in [0.1, 0.15) is 6.61 Å². The number of anilines is 1. The molecular weight excluding hydrogens is 464 g/mol. The number of hydrogen-bond acceptors (Lipinski definition) is 5. The monoisotopic (exact) mass is 484 g/mol. The Morgan fingerprint density at radius 3 is 2.27 bits per heavy atom. The molecule has 0 fully saturated rings. The van der Waals surface area contributed by atoms with Gasteiger partial charge in [-0.3, -0.25) is 9.10 Å². The van der Waals surface area contributed by atoms with Gasteiger partial charge in [0.15, 0.2) is 0 Å². The molecule has 33 heavy (non-hydrogen) atoms. The van der Waals surface area contributed by atoms with E-state index in [-0.39, 0.29) is 23.6 Å². The maximum absolute atomic E-state index is 13.3. The minimum Gasteiger partial charge on any atom is -0.457 e. The van der Waals surface area contributed by atoms with Crippen molar-refractivity contribution in [2.45, 2.75) is 11.5 Å². The van der Waals surface area contributed by atoms with Crippen molar-refractivity contribution in [3.05, 3.63) is 107 Å². The molecule has 3 rings (SSSR count). The van der Waals surface area contributed by atoms with Crippen molar-refractivity contribution < 1.29 is 22.7 Å². The van der Waals surface area contributed by atoms with Crippen molar-refractivity contribution in [2.75, 3.05) is 10.8 Å². The standard InChI is InChI=1S/C24H21ClN2O5S/c1-2-14-27(21-12-10-20(25)11-13-21)33(30,31)22-5-3-4-19(15-22)24(29)32-16-17-6-8-18(9-7-17)23(26)28/h2-13,15H,1,14,16H2,(H2,26,28). The second-order valence-electron chi connectivity index (χ2n) is 6.97. The van der Waals surface area contributed by atoms with Gasteiger partial charge in [-0.25, -0.2) is 13.2 Å². The van der Waals surface area contributed by atoms with Crippen LogP contribution in [0.4, 0.5) is 5.69 Å². The minimum atomic E-state index is -4.00. The van der Waals surface area contributed by atoms with E-state index in [1.165, 1.54) is 46.8 Å². The fraction of sp³-hybridized carbons (Fsp3) is 0.0833. The predicted molar refractivity (Wildman–Crippen MR) is 127 cm³/mol. The van der Waals surface area contributed by atoms with Crippen LogP contribution in [-0.2, 0) is 21.4 Å². The smallest absolute Gasteiger partial charge is 0.338 e. The molecule has 1 amide bonds. The van der Waals surface area contributed by atoms with E-state index in [4.69, 9.17) is 22.1 Å². The van der Waals surface area contributed by atoms with Gasteiger partial charge in [0.05, 0.1) is 22.7 Å². The van der Waals surface area contributed by atoms with E-state index >= 15 is 0 Å². The van der Waals surface area contributed by atoms with Crippen LogP contribution >= 0.6 is 11.6 Å². The normalized spacial score (nSPS) is 10.9. The first-order chi connectivity index (χ1) is 15.7. The lowest BCUT2D eigenvalue weighted by molar-refractivity contribution is 0.0472. The van der Waals surface area contributed by atoms with Crippen LogP contribution in [0.2, 0.25) is 5.02 Å². The molecular formula is C24H21ClN2O5S. The fourth-order valence-corrected chi connectivity index (χ4v) is 4.58. The van der Waals surface area contributed by atoms with Crippen LogP contribution in [0.1, 0.15) is 26.3 Å². The lowest BCUT2D eigenvalue weighted by Crippen LogP contribution is -2.31. The Hall–Kier alpha value is -3.62. The Kier molecular flexibility index (Phi) is 7.52. The lowest BCUT2D eigenvalue weighted by Gasteiger charge is -2.23. The highest BCUT2D eigenvalue weighted by molar-refractivity contribution is 7.92. The number of carbonyl (C=O) groups excluding carboxylic acids is 2. The molecule has 0 aliphatic heterocycles. The Labute approximate surface area is 197 Å². The SMILES string of the molecule is C=CCN(c1ccc(Cl)cc1)S(=O)(=O)c1cccc(C(=O)OCc2ccc(C(N)=O)cc2)c1. The Balaban J connectivity index is 1.80. The van der Waals surface area contributed by atoms with Gasteiger partial charge in [-0.2, -0.15) is 0 Å². The van der Waals surface area contributed by atoms with E-state index in [1.54, 1.807) is 36.4 Å². The van der Waals surface area contributed by atoms with Crippen LogP contribution in [-0.4, -0.2) is 26.8 Å². The van der Waals surface area contributed by atoms with Crippen LogP contribution < -0.4 is 10.0 Å². The number of nitrogens with zero attached hydrogens (tertiary/aromatic N) is 1. The van der Waals surface area contributed by atoms with Gasteiger partial charge in [0.2, 0.25) is 5.91 Å². The summed E-state index contributed by atoms with van der Waals surface area (Å²) in [7, 11) is -4.00.